The molecule has 0 atom stereocenters. The predicted molar refractivity (Wildman–Crippen MR) is 62.6 cm³/mol. The predicted octanol–water partition coefficient (Wildman–Crippen LogP) is 3.03. The standard InChI is InChI=1S/C8H6BrN3S2/c9-5-3-6(10)7(12-4-5)14-8-11-1-2-13-8/h1-4H,10H2. The van der Waals surface area contributed by atoms with Crippen molar-refractivity contribution in [2.24, 2.45) is 0 Å². The number of pyridine rings is 1. The summed E-state index contributed by atoms with van der Waals surface area (Å²) in [5.41, 5.74) is 6.47. The molecule has 0 unspecified atom stereocenters. The van der Waals surface area contributed by atoms with Crippen LogP contribution in [-0.4, -0.2) is 9.97 Å². The Bertz CT molecular complexity index is 430. The molecule has 0 aliphatic rings. The van der Waals surface area contributed by atoms with Gasteiger partial charge < -0.3 is 5.73 Å². The topological polar surface area (TPSA) is 51.8 Å². The van der Waals surface area contributed by atoms with E-state index in [1.54, 1.807) is 23.7 Å². The molecule has 0 aromatic carbocycles. The van der Waals surface area contributed by atoms with Crippen LogP contribution in [-0.2, 0) is 0 Å². The molecule has 0 saturated carbocycles. The van der Waals surface area contributed by atoms with Crippen LogP contribution in [0, 0.1) is 0 Å². The summed E-state index contributed by atoms with van der Waals surface area (Å²) in [6.07, 6.45) is 3.49. The molecule has 2 N–H and O–H groups in total. The van der Waals surface area contributed by atoms with Gasteiger partial charge in [0.15, 0.2) is 4.34 Å². The van der Waals surface area contributed by atoms with Crippen LogP contribution in [0.2, 0.25) is 0 Å². The van der Waals surface area contributed by atoms with Crippen LogP contribution in [0.25, 0.3) is 0 Å². The van der Waals surface area contributed by atoms with E-state index in [0.29, 0.717) is 5.69 Å². The fourth-order valence-electron chi connectivity index (χ4n) is 0.871. The van der Waals surface area contributed by atoms with Crippen LogP contribution >= 0.6 is 39.0 Å². The minimum absolute atomic E-state index is 0.666. The Balaban J connectivity index is 2.25. The van der Waals surface area contributed by atoms with Crippen molar-refractivity contribution in [1.82, 2.24) is 9.97 Å². The molecule has 14 heavy (non-hydrogen) atoms. The number of thiazole rings is 1. The fourth-order valence-corrected chi connectivity index (χ4v) is 2.74. The molecule has 2 aromatic heterocycles. The summed E-state index contributed by atoms with van der Waals surface area (Å²) in [6, 6.07) is 1.84. The first-order valence-electron chi connectivity index (χ1n) is 3.74. The van der Waals surface area contributed by atoms with E-state index >= 15 is 0 Å². The summed E-state index contributed by atoms with van der Waals surface area (Å²) in [5.74, 6) is 0. The summed E-state index contributed by atoms with van der Waals surface area (Å²) in [4.78, 5) is 8.36. The second-order valence-corrected chi connectivity index (χ2v) is 5.49. The second-order valence-electron chi connectivity index (χ2n) is 2.45. The van der Waals surface area contributed by atoms with Gasteiger partial charge >= 0.3 is 0 Å². The van der Waals surface area contributed by atoms with E-state index in [4.69, 9.17) is 5.73 Å². The maximum Gasteiger partial charge on any atom is 0.156 e. The summed E-state index contributed by atoms with van der Waals surface area (Å²) in [6.45, 7) is 0. The average molecular weight is 288 g/mol. The number of aromatic nitrogens is 2. The van der Waals surface area contributed by atoms with Crippen molar-refractivity contribution in [2.75, 3.05) is 5.73 Å². The maximum atomic E-state index is 5.80. The van der Waals surface area contributed by atoms with Gasteiger partial charge in [-0.25, -0.2) is 9.97 Å². The fraction of sp³-hybridized carbons (Fsp3) is 0. The zero-order valence-corrected chi connectivity index (χ0v) is 10.2. The minimum Gasteiger partial charge on any atom is -0.396 e. The molecule has 0 bridgehead atoms. The van der Waals surface area contributed by atoms with E-state index in [2.05, 4.69) is 25.9 Å². The zero-order chi connectivity index (χ0) is 9.97. The lowest BCUT2D eigenvalue weighted by Gasteiger charge is -2.01. The van der Waals surface area contributed by atoms with E-state index < -0.39 is 0 Å². The molecule has 6 heteroatoms. The van der Waals surface area contributed by atoms with Crippen molar-refractivity contribution in [1.29, 1.82) is 0 Å². The summed E-state index contributed by atoms with van der Waals surface area (Å²) in [7, 11) is 0. The van der Waals surface area contributed by atoms with Crippen molar-refractivity contribution >= 4 is 44.7 Å². The number of halogens is 1. The summed E-state index contributed by atoms with van der Waals surface area (Å²) < 4.78 is 1.84. The first-order valence-corrected chi connectivity index (χ1v) is 6.23. The van der Waals surface area contributed by atoms with Gasteiger partial charge in [0.2, 0.25) is 0 Å². The number of hydrogen-bond acceptors (Lipinski definition) is 5. The Morgan fingerprint density at radius 2 is 2.29 bits per heavy atom. The molecule has 3 nitrogen and oxygen atoms in total. The lowest BCUT2D eigenvalue weighted by molar-refractivity contribution is 1.12. The number of nitrogens with zero attached hydrogens (tertiary/aromatic N) is 2. The first-order chi connectivity index (χ1) is 6.75. The van der Waals surface area contributed by atoms with Crippen LogP contribution in [0.15, 0.2) is 37.7 Å². The average Bonchev–Trinajstić information content (AvgIpc) is 2.62. The molecule has 0 aliphatic heterocycles. The van der Waals surface area contributed by atoms with Crippen molar-refractivity contribution in [3.05, 3.63) is 28.3 Å². The second kappa shape index (κ2) is 4.29. The van der Waals surface area contributed by atoms with Crippen molar-refractivity contribution < 1.29 is 0 Å². The van der Waals surface area contributed by atoms with Crippen molar-refractivity contribution in [3.63, 3.8) is 0 Å². The van der Waals surface area contributed by atoms with Crippen molar-refractivity contribution in [2.45, 2.75) is 9.37 Å². The van der Waals surface area contributed by atoms with Crippen molar-refractivity contribution in [3.8, 4) is 0 Å². The number of rotatable bonds is 2. The smallest absolute Gasteiger partial charge is 0.156 e. The third-order valence-corrected chi connectivity index (χ3v) is 3.79. The summed E-state index contributed by atoms with van der Waals surface area (Å²) in [5, 5.41) is 2.72. The Morgan fingerprint density at radius 1 is 1.43 bits per heavy atom. The molecular weight excluding hydrogens is 282 g/mol. The molecule has 0 amide bonds. The van der Waals surface area contributed by atoms with Crippen LogP contribution < -0.4 is 5.73 Å². The molecule has 2 heterocycles. The van der Waals surface area contributed by atoms with Crippen LogP contribution in [0.4, 0.5) is 5.69 Å². The molecule has 0 saturated heterocycles. The van der Waals surface area contributed by atoms with E-state index in [9.17, 15) is 0 Å². The summed E-state index contributed by atoms with van der Waals surface area (Å²) >= 11 is 6.36. The van der Waals surface area contributed by atoms with Gasteiger partial charge in [0, 0.05) is 22.2 Å². The van der Waals surface area contributed by atoms with Gasteiger partial charge in [0.1, 0.15) is 5.03 Å². The van der Waals surface area contributed by atoms with Gasteiger partial charge in [-0.15, -0.1) is 11.3 Å². The molecule has 0 radical (unpaired) electrons. The maximum absolute atomic E-state index is 5.80. The van der Waals surface area contributed by atoms with Gasteiger partial charge in [0.25, 0.3) is 0 Å². The molecule has 72 valence electrons. The van der Waals surface area contributed by atoms with Crippen LogP contribution in [0.3, 0.4) is 0 Å². The number of anilines is 1. The van der Waals surface area contributed by atoms with E-state index in [-0.39, 0.29) is 0 Å². The van der Waals surface area contributed by atoms with Gasteiger partial charge in [-0.3, -0.25) is 0 Å². The largest absolute Gasteiger partial charge is 0.396 e. The Morgan fingerprint density at radius 3 is 2.93 bits per heavy atom. The molecule has 0 spiro atoms. The van der Waals surface area contributed by atoms with Gasteiger partial charge in [-0.2, -0.15) is 0 Å². The highest BCUT2D eigenvalue weighted by Crippen LogP contribution is 2.32. The first kappa shape index (κ1) is 9.95. The number of nitrogen functional groups attached to an aromatic ring is 1. The van der Waals surface area contributed by atoms with Crippen LogP contribution in [0.1, 0.15) is 0 Å². The highest BCUT2D eigenvalue weighted by molar-refractivity contribution is 9.10. The molecule has 2 rings (SSSR count). The molecular formula is C8H6BrN3S2. The monoisotopic (exact) mass is 287 g/mol. The van der Waals surface area contributed by atoms with E-state index in [1.165, 1.54) is 11.8 Å². The zero-order valence-electron chi connectivity index (χ0n) is 6.98. The quantitative estimate of drug-likeness (QED) is 0.922. The third-order valence-electron chi connectivity index (χ3n) is 1.44. The van der Waals surface area contributed by atoms with Gasteiger partial charge in [-0.05, 0) is 33.8 Å². The van der Waals surface area contributed by atoms with Gasteiger partial charge in [-0.1, -0.05) is 0 Å². The normalized spacial score (nSPS) is 10.4. The minimum atomic E-state index is 0.666. The molecule has 0 fully saturated rings. The third kappa shape index (κ3) is 2.26. The Hall–Kier alpha value is -0.590. The number of hydrogen-bond donors (Lipinski definition) is 1. The molecule has 0 aliphatic carbocycles. The highest BCUT2D eigenvalue weighted by Gasteiger charge is 2.05. The Kier molecular flexibility index (Phi) is 3.05. The van der Waals surface area contributed by atoms with E-state index in [0.717, 1.165) is 13.8 Å². The van der Waals surface area contributed by atoms with Gasteiger partial charge in [0.05, 0.1) is 5.69 Å². The number of nitrogens with two attached hydrogens (primary N) is 1. The SMILES string of the molecule is Nc1cc(Br)cnc1Sc1nccs1. The highest BCUT2D eigenvalue weighted by atomic mass is 79.9. The van der Waals surface area contributed by atoms with E-state index in [1.807, 2.05) is 11.4 Å². The lowest BCUT2D eigenvalue weighted by atomic mass is 10.4. The van der Waals surface area contributed by atoms with Crippen LogP contribution in [0.5, 0.6) is 0 Å². The Labute approximate surface area is 97.9 Å². The molecule has 2 aromatic rings. The lowest BCUT2D eigenvalue weighted by Crippen LogP contribution is -1.91.